The molecule has 1 saturated heterocycles. The molecule has 1 rings (SSSR count). The minimum absolute atomic E-state index is 0.189. The molecule has 0 spiro atoms. The van der Waals surface area contributed by atoms with Crippen molar-refractivity contribution in [1.29, 1.82) is 0 Å². The van der Waals surface area contributed by atoms with Crippen molar-refractivity contribution in [3.63, 3.8) is 0 Å². The number of rotatable bonds is 7. The summed E-state index contributed by atoms with van der Waals surface area (Å²) < 4.78 is 77.5. The molecule has 106 valence electrons. The molecule has 0 saturated carbocycles. The lowest BCUT2D eigenvalue weighted by molar-refractivity contribution is -0.387. The highest BCUT2D eigenvalue weighted by Crippen LogP contribution is 2.27. The highest BCUT2D eigenvalue weighted by molar-refractivity contribution is 5.61. The van der Waals surface area contributed by atoms with E-state index in [1.807, 2.05) is 0 Å². The van der Waals surface area contributed by atoms with Crippen LogP contribution in [0.1, 0.15) is 0 Å². The molecule has 5 nitrogen and oxygen atoms in total. The van der Waals surface area contributed by atoms with Crippen LogP contribution in [0.25, 0.3) is 0 Å². The molecular weight excluding hydrogens is 271 g/mol. The summed E-state index contributed by atoms with van der Waals surface area (Å²) in [4.78, 5) is 10.4. The number of alkyl halides is 5. The van der Waals surface area contributed by atoms with E-state index in [-0.39, 0.29) is 6.61 Å². The molecule has 1 fully saturated rings. The van der Waals surface area contributed by atoms with Gasteiger partial charge in [0.25, 0.3) is 0 Å². The highest BCUT2D eigenvalue weighted by Gasteiger charge is 2.44. The van der Waals surface area contributed by atoms with Crippen LogP contribution < -0.4 is 0 Å². The number of halogens is 5. The van der Waals surface area contributed by atoms with Crippen LogP contribution in [0.4, 0.5) is 26.7 Å². The molecule has 0 bridgehead atoms. The summed E-state index contributed by atoms with van der Waals surface area (Å²) in [6, 6.07) is 0. The molecule has 1 atom stereocenters. The van der Waals surface area contributed by atoms with Crippen molar-refractivity contribution in [2.45, 2.75) is 18.3 Å². The van der Waals surface area contributed by atoms with Gasteiger partial charge in [0.1, 0.15) is 13.2 Å². The molecule has 0 aromatic heterocycles. The van der Waals surface area contributed by atoms with Gasteiger partial charge in [-0.3, -0.25) is 4.74 Å². The molecule has 10 heteroatoms. The van der Waals surface area contributed by atoms with E-state index in [1.165, 1.54) is 0 Å². The Morgan fingerprint density at radius 3 is 2.44 bits per heavy atom. The van der Waals surface area contributed by atoms with Gasteiger partial charge in [0.05, 0.1) is 6.61 Å². The normalized spacial score (nSPS) is 20.7. The second kappa shape index (κ2) is 5.65. The van der Waals surface area contributed by atoms with Gasteiger partial charge in [-0.15, -0.1) is 0 Å². The van der Waals surface area contributed by atoms with Gasteiger partial charge >= 0.3 is 18.4 Å². The Hall–Kier alpha value is -1.16. The maximum Gasteiger partial charge on any atom is 0.508 e. The van der Waals surface area contributed by atoms with Gasteiger partial charge in [-0.2, -0.15) is 17.6 Å². The minimum atomic E-state index is -4.59. The Bertz CT molecular complexity index is 298. The molecule has 0 aliphatic carbocycles. The van der Waals surface area contributed by atoms with Gasteiger partial charge in [0.15, 0.2) is 12.8 Å². The molecule has 0 N–H and O–H groups in total. The molecule has 0 aromatic carbocycles. The predicted molar refractivity (Wildman–Crippen MR) is 44.0 cm³/mol. The third kappa shape index (κ3) is 5.00. The SMILES string of the molecule is O=C1OCC(COCC(F)(F)OC(F)(F)CF)O1. The summed E-state index contributed by atoms with van der Waals surface area (Å²) in [5, 5.41) is 0. The van der Waals surface area contributed by atoms with Gasteiger partial charge < -0.3 is 14.2 Å². The summed E-state index contributed by atoms with van der Waals surface area (Å²) in [7, 11) is 0. The van der Waals surface area contributed by atoms with E-state index in [0.29, 0.717) is 0 Å². The lowest BCUT2D eigenvalue weighted by Gasteiger charge is -2.21. The average molecular weight is 280 g/mol. The molecule has 1 unspecified atom stereocenters. The Morgan fingerprint density at radius 1 is 1.28 bits per heavy atom. The largest absolute Gasteiger partial charge is 0.508 e. The van der Waals surface area contributed by atoms with Crippen molar-refractivity contribution in [3.8, 4) is 0 Å². The smallest absolute Gasteiger partial charge is 0.430 e. The lowest BCUT2D eigenvalue weighted by Crippen LogP contribution is -2.38. The molecule has 18 heavy (non-hydrogen) atoms. The van der Waals surface area contributed by atoms with E-state index in [4.69, 9.17) is 0 Å². The van der Waals surface area contributed by atoms with Crippen molar-refractivity contribution in [2.24, 2.45) is 0 Å². The number of ether oxygens (including phenoxy) is 4. The number of carbonyl (C=O) groups is 1. The van der Waals surface area contributed by atoms with Crippen LogP contribution in [0.3, 0.4) is 0 Å². The quantitative estimate of drug-likeness (QED) is 0.525. The van der Waals surface area contributed by atoms with Crippen LogP contribution in [-0.4, -0.2) is 51.0 Å². The standard InChI is InChI=1S/C8H9F5O5/c9-3-7(10,11)18-8(12,13)4-15-1-5-2-16-6(14)17-5/h5H,1-4H2. The van der Waals surface area contributed by atoms with Gasteiger partial charge in [-0.05, 0) is 0 Å². The van der Waals surface area contributed by atoms with E-state index in [2.05, 4.69) is 18.9 Å². The Labute approximate surface area is 97.7 Å². The number of hydrogen-bond acceptors (Lipinski definition) is 5. The highest BCUT2D eigenvalue weighted by atomic mass is 19.3. The van der Waals surface area contributed by atoms with Crippen LogP contribution >= 0.6 is 0 Å². The molecule has 0 amide bonds. The van der Waals surface area contributed by atoms with E-state index in [9.17, 15) is 26.7 Å². The van der Waals surface area contributed by atoms with Crippen LogP contribution in [0.15, 0.2) is 0 Å². The molecular formula is C8H9F5O5. The third-order valence-electron chi connectivity index (χ3n) is 1.68. The van der Waals surface area contributed by atoms with Gasteiger partial charge in [-0.25, -0.2) is 9.18 Å². The van der Waals surface area contributed by atoms with Gasteiger partial charge in [0, 0.05) is 0 Å². The first kappa shape index (κ1) is 14.9. The monoisotopic (exact) mass is 280 g/mol. The van der Waals surface area contributed by atoms with Crippen molar-refractivity contribution in [1.82, 2.24) is 0 Å². The predicted octanol–water partition coefficient (Wildman–Crippen LogP) is 1.71. The molecule has 1 aliphatic rings. The maximum atomic E-state index is 12.7. The average Bonchev–Trinajstić information content (AvgIpc) is 2.62. The van der Waals surface area contributed by atoms with Crippen molar-refractivity contribution >= 4 is 6.16 Å². The lowest BCUT2D eigenvalue weighted by atomic mass is 10.4. The first-order chi connectivity index (χ1) is 8.24. The molecule has 1 heterocycles. The van der Waals surface area contributed by atoms with E-state index in [1.54, 1.807) is 0 Å². The van der Waals surface area contributed by atoms with Crippen LogP contribution in [0.2, 0.25) is 0 Å². The minimum Gasteiger partial charge on any atom is -0.430 e. The zero-order valence-electron chi connectivity index (χ0n) is 8.84. The fourth-order valence-corrected chi connectivity index (χ4v) is 1.03. The summed E-state index contributed by atoms with van der Waals surface area (Å²) in [6.07, 6.45) is -10.8. The van der Waals surface area contributed by atoms with Crippen LogP contribution in [0.5, 0.6) is 0 Å². The molecule has 0 radical (unpaired) electrons. The first-order valence-electron chi connectivity index (χ1n) is 4.67. The second-order valence-corrected chi connectivity index (χ2v) is 3.33. The second-order valence-electron chi connectivity index (χ2n) is 3.33. The first-order valence-corrected chi connectivity index (χ1v) is 4.67. The fraction of sp³-hybridized carbons (Fsp3) is 0.875. The summed E-state index contributed by atoms with van der Waals surface area (Å²) >= 11 is 0. The topological polar surface area (TPSA) is 54.0 Å². The fourth-order valence-electron chi connectivity index (χ4n) is 1.03. The third-order valence-corrected chi connectivity index (χ3v) is 1.68. The Kier molecular flexibility index (Phi) is 4.68. The van der Waals surface area contributed by atoms with Crippen molar-refractivity contribution < 1.29 is 45.7 Å². The van der Waals surface area contributed by atoms with E-state index < -0.39 is 44.4 Å². The maximum absolute atomic E-state index is 12.7. The van der Waals surface area contributed by atoms with Crippen LogP contribution in [-0.2, 0) is 18.9 Å². The van der Waals surface area contributed by atoms with Crippen molar-refractivity contribution in [3.05, 3.63) is 0 Å². The van der Waals surface area contributed by atoms with Gasteiger partial charge in [-0.1, -0.05) is 0 Å². The Balaban J connectivity index is 2.26. The zero-order chi connectivity index (χ0) is 13.8. The molecule has 1 aliphatic heterocycles. The van der Waals surface area contributed by atoms with E-state index >= 15 is 0 Å². The Morgan fingerprint density at radius 2 is 1.94 bits per heavy atom. The summed E-state index contributed by atoms with van der Waals surface area (Å²) in [5.41, 5.74) is 0. The number of carbonyl (C=O) groups excluding carboxylic acids is 1. The van der Waals surface area contributed by atoms with Crippen molar-refractivity contribution in [2.75, 3.05) is 26.5 Å². The number of cyclic esters (lactones) is 2. The summed E-state index contributed by atoms with van der Waals surface area (Å²) in [6.45, 7) is -4.58. The summed E-state index contributed by atoms with van der Waals surface area (Å²) in [5.74, 6) is 0. The number of hydrogen-bond donors (Lipinski definition) is 0. The van der Waals surface area contributed by atoms with Crippen LogP contribution in [0, 0.1) is 0 Å². The molecule has 0 aromatic rings. The van der Waals surface area contributed by atoms with E-state index in [0.717, 1.165) is 0 Å². The zero-order valence-corrected chi connectivity index (χ0v) is 8.84. The van der Waals surface area contributed by atoms with Gasteiger partial charge in [0.2, 0.25) is 0 Å².